The first-order valence-corrected chi connectivity index (χ1v) is 11.2. The summed E-state index contributed by atoms with van der Waals surface area (Å²) >= 11 is 0. The van der Waals surface area contributed by atoms with Gasteiger partial charge in [-0.15, -0.1) is 0 Å². The number of allylic oxidation sites excluding steroid dienone is 1. The number of rotatable bonds is 4. The summed E-state index contributed by atoms with van der Waals surface area (Å²) in [6.07, 6.45) is 1.20. The molecule has 5 rings (SSSR count). The van der Waals surface area contributed by atoms with Crippen molar-refractivity contribution in [3.8, 4) is 11.5 Å². The van der Waals surface area contributed by atoms with Gasteiger partial charge in [0.05, 0.1) is 31.6 Å². The van der Waals surface area contributed by atoms with E-state index >= 15 is 0 Å². The van der Waals surface area contributed by atoms with Crippen molar-refractivity contribution < 1.29 is 14.3 Å². The number of fused-ring (bicyclic) bond motifs is 1. The minimum Gasteiger partial charge on any atom is -0.493 e. The van der Waals surface area contributed by atoms with Crippen LogP contribution in [0.4, 0.5) is 11.4 Å². The molecule has 2 atom stereocenters. The standard InChI is InChI=1S/C28H28N2O3/c1-17-7-6-8-19(13-17)28-27-23(29-21-9-4-5-10-22(21)30-28)14-20(15-24(27)31)18-11-12-25(32-2)26(16-18)33-3/h4-13,16,20,28-30H,14-15H2,1-3H3/t20-,28-/m0/s1. The lowest BCUT2D eigenvalue weighted by Gasteiger charge is -2.30. The fourth-order valence-electron chi connectivity index (χ4n) is 4.93. The molecular formula is C28H28N2O3. The minimum absolute atomic E-state index is 0.0620. The minimum atomic E-state index is -0.199. The number of ketones is 1. The van der Waals surface area contributed by atoms with E-state index in [0.717, 1.165) is 40.2 Å². The van der Waals surface area contributed by atoms with Gasteiger partial charge in [0.2, 0.25) is 0 Å². The molecule has 168 valence electrons. The third kappa shape index (κ3) is 3.95. The van der Waals surface area contributed by atoms with E-state index in [-0.39, 0.29) is 17.7 Å². The highest BCUT2D eigenvalue weighted by Gasteiger charge is 2.36. The SMILES string of the molecule is COc1ccc([C@@H]2CC(=O)C3=C(C2)Nc2ccccc2N[C@H]3c2cccc(C)c2)cc1OC. The number of methoxy groups -OCH3 is 2. The fourth-order valence-corrected chi connectivity index (χ4v) is 4.93. The Morgan fingerprint density at radius 1 is 0.818 bits per heavy atom. The Balaban J connectivity index is 1.58. The third-order valence-electron chi connectivity index (χ3n) is 6.56. The number of hydrogen-bond acceptors (Lipinski definition) is 5. The smallest absolute Gasteiger partial charge is 0.163 e. The number of benzene rings is 3. The van der Waals surface area contributed by atoms with Gasteiger partial charge in [-0.3, -0.25) is 4.79 Å². The molecule has 0 saturated carbocycles. The molecule has 0 fully saturated rings. The summed E-state index contributed by atoms with van der Waals surface area (Å²) in [6.45, 7) is 2.08. The Morgan fingerprint density at radius 2 is 1.61 bits per heavy atom. The quantitative estimate of drug-likeness (QED) is 0.522. The van der Waals surface area contributed by atoms with Crippen LogP contribution in [0.25, 0.3) is 0 Å². The number of nitrogens with one attached hydrogen (secondary N) is 2. The zero-order chi connectivity index (χ0) is 22.9. The number of aryl methyl sites for hydroxylation is 1. The van der Waals surface area contributed by atoms with Crippen molar-refractivity contribution in [1.29, 1.82) is 0 Å². The van der Waals surface area contributed by atoms with Crippen LogP contribution in [0.15, 0.2) is 78.0 Å². The molecule has 0 aromatic heterocycles. The van der Waals surface area contributed by atoms with Crippen LogP contribution in [0.3, 0.4) is 0 Å². The van der Waals surface area contributed by atoms with E-state index < -0.39 is 0 Å². The number of carbonyl (C=O) groups excluding carboxylic acids is 1. The highest BCUT2D eigenvalue weighted by molar-refractivity contribution is 6.01. The van der Waals surface area contributed by atoms with Gasteiger partial charge < -0.3 is 20.1 Å². The van der Waals surface area contributed by atoms with Crippen LogP contribution in [-0.2, 0) is 4.79 Å². The van der Waals surface area contributed by atoms with Crippen LogP contribution in [0.2, 0.25) is 0 Å². The normalized spacial score (nSPS) is 19.5. The van der Waals surface area contributed by atoms with Crippen molar-refractivity contribution in [1.82, 2.24) is 0 Å². The second-order valence-corrected chi connectivity index (χ2v) is 8.70. The molecule has 5 heteroatoms. The highest BCUT2D eigenvalue weighted by Crippen LogP contribution is 2.45. The Labute approximate surface area is 194 Å². The number of para-hydroxylation sites is 2. The van der Waals surface area contributed by atoms with Crippen LogP contribution in [0.5, 0.6) is 11.5 Å². The molecule has 33 heavy (non-hydrogen) atoms. The Morgan fingerprint density at radius 3 is 2.36 bits per heavy atom. The van der Waals surface area contributed by atoms with Crippen molar-refractivity contribution in [3.63, 3.8) is 0 Å². The molecule has 5 nitrogen and oxygen atoms in total. The molecule has 1 heterocycles. The fraction of sp³-hybridized carbons (Fsp3) is 0.250. The molecule has 2 aliphatic rings. The lowest BCUT2D eigenvalue weighted by molar-refractivity contribution is -0.116. The second-order valence-electron chi connectivity index (χ2n) is 8.70. The van der Waals surface area contributed by atoms with E-state index in [9.17, 15) is 4.79 Å². The van der Waals surface area contributed by atoms with E-state index in [1.54, 1.807) is 14.2 Å². The van der Waals surface area contributed by atoms with Gasteiger partial charge in [0, 0.05) is 17.7 Å². The molecule has 0 radical (unpaired) electrons. The first kappa shape index (κ1) is 21.1. The lowest BCUT2D eigenvalue weighted by Crippen LogP contribution is -2.27. The Kier molecular flexibility index (Phi) is 5.55. The maximum Gasteiger partial charge on any atom is 0.163 e. The van der Waals surface area contributed by atoms with Crippen molar-refractivity contribution in [2.45, 2.75) is 31.7 Å². The van der Waals surface area contributed by atoms with Crippen LogP contribution >= 0.6 is 0 Å². The van der Waals surface area contributed by atoms with E-state index in [2.05, 4.69) is 54.0 Å². The maximum atomic E-state index is 13.7. The first-order valence-electron chi connectivity index (χ1n) is 11.2. The predicted molar refractivity (Wildman–Crippen MR) is 131 cm³/mol. The van der Waals surface area contributed by atoms with Gasteiger partial charge in [-0.25, -0.2) is 0 Å². The van der Waals surface area contributed by atoms with E-state index in [1.807, 2.05) is 30.3 Å². The molecule has 3 aromatic rings. The van der Waals surface area contributed by atoms with Crippen LogP contribution in [0, 0.1) is 6.92 Å². The van der Waals surface area contributed by atoms with Crippen LogP contribution < -0.4 is 20.1 Å². The van der Waals surface area contributed by atoms with E-state index in [0.29, 0.717) is 17.9 Å². The number of ether oxygens (including phenoxy) is 2. The van der Waals surface area contributed by atoms with Gasteiger partial charge in [-0.1, -0.05) is 48.0 Å². The Bertz CT molecular complexity index is 1250. The van der Waals surface area contributed by atoms with Crippen LogP contribution in [0.1, 0.15) is 41.5 Å². The summed E-state index contributed by atoms with van der Waals surface area (Å²) < 4.78 is 10.9. The number of Topliss-reactive ketones (excluding diaryl/α,β-unsaturated/α-hetero) is 1. The molecule has 3 aromatic carbocycles. The molecular weight excluding hydrogens is 412 g/mol. The predicted octanol–water partition coefficient (Wildman–Crippen LogP) is 5.99. The summed E-state index contributed by atoms with van der Waals surface area (Å²) in [7, 11) is 3.26. The average molecular weight is 441 g/mol. The molecule has 0 saturated heterocycles. The summed E-state index contributed by atoms with van der Waals surface area (Å²) in [4.78, 5) is 13.7. The summed E-state index contributed by atoms with van der Waals surface area (Å²) in [6, 6.07) is 22.3. The molecule has 0 amide bonds. The number of carbonyl (C=O) groups is 1. The summed E-state index contributed by atoms with van der Waals surface area (Å²) in [5.41, 5.74) is 7.14. The molecule has 1 aliphatic carbocycles. The maximum absolute atomic E-state index is 13.7. The highest BCUT2D eigenvalue weighted by atomic mass is 16.5. The third-order valence-corrected chi connectivity index (χ3v) is 6.56. The molecule has 0 unspecified atom stereocenters. The molecule has 0 spiro atoms. The van der Waals surface area contributed by atoms with Gasteiger partial charge in [0.25, 0.3) is 0 Å². The van der Waals surface area contributed by atoms with Crippen LogP contribution in [-0.4, -0.2) is 20.0 Å². The van der Waals surface area contributed by atoms with Gasteiger partial charge in [-0.2, -0.15) is 0 Å². The summed E-state index contributed by atoms with van der Waals surface area (Å²) in [5, 5.41) is 7.24. The largest absolute Gasteiger partial charge is 0.493 e. The van der Waals surface area contributed by atoms with Gasteiger partial charge in [0.15, 0.2) is 17.3 Å². The Hall–Kier alpha value is -3.73. The average Bonchev–Trinajstić information content (AvgIpc) is 3.00. The van der Waals surface area contributed by atoms with Gasteiger partial charge in [-0.05, 0) is 54.7 Å². The van der Waals surface area contributed by atoms with E-state index in [1.165, 1.54) is 5.56 Å². The zero-order valence-electron chi connectivity index (χ0n) is 19.1. The molecule has 0 bridgehead atoms. The number of anilines is 2. The van der Waals surface area contributed by atoms with Crippen molar-refractivity contribution in [2.24, 2.45) is 0 Å². The van der Waals surface area contributed by atoms with Gasteiger partial charge in [0.1, 0.15) is 0 Å². The second kappa shape index (κ2) is 8.66. The van der Waals surface area contributed by atoms with E-state index in [4.69, 9.17) is 9.47 Å². The number of hydrogen-bond donors (Lipinski definition) is 2. The van der Waals surface area contributed by atoms with Crippen molar-refractivity contribution >= 4 is 17.2 Å². The van der Waals surface area contributed by atoms with Crippen molar-refractivity contribution in [2.75, 3.05) is 24.9 Å². The first-order chi connectivity index (χ1) is 16.1. The topological polar surface area (TPSA) is 59.6 Å². The van der Waals surface area contributed by atoms with Crippen molar-refractivity contribution in [3.05, 3.63) is 94.7 Å². The molecule has 2 N–H and O–H groups in total. The van der Waals surface area contributed by atoms with Gasteiger partial charge >= 0.3 is 0 Å². The summed E-state index contributed by atoms with van der Waals surface area (Å²) in [5.74, 6) is 1.59. The monoisotopic (exact) mass is 440 g/mol. The molecule has 1 aliphatic heterocycles. The lowest BCUT2D eigenvalue weighted by atomic mass is 9.78. The zero-order valence-corrected chi connectivity index (χ0v) is 19.1.